The van der Waals surface area contributed by atoms with Crippen molar-refractivity contribution in [2.45, 2.75) is 70.5 Å². The van der Waals surface area contributed by atoms with Gasteiger partial charge in [-0.3, -0.25) is 0 Å². The topological polar surface area (TPSA) is 15.3 Å². The van der Waals surface area contributed by atoms with Crippen LogP contribution in [0.25, 0.3) is 11.6 Å². The van der Waals surface area contributed by atoms with Gasteiger partial charge in [-0.25, -0.2) is 0 Å². The summed E-state index contributed by atoms with van der Waals surface area (Å²) in [5, 5.41) is 4.08. The summed E-state index contributed by atoms with van der Waals surface area (Å²) < 4.78 is 0. The summed E-state index contributed by atoms with van der Waals surface area (Å²) in [5.41, 5.74) is 13.3. The van der Waals surface area contributed by atoms with Crippen LogP contribution in [0.4, 0.5) is 0 Å². The van der Waals surface area contributed by atoms with Crippen molar-refractivity contribution in [2.24, 2.45) is 23.2 Å². The molecule has 0 amide bonds. The van der Waals surface area contributed by atoms with Crippen LogP contribution < -0.4 is 5.32 Å². The van der Waals surface area contributed by atoms with E-state index in [4.69, 9.17) is 0 Å². The first kappa shape index (κ1) is 25.7. The van der Waals surface area contributed by atoms with Crippen molar-refractivity contribution >= 4 is 11.6 Å². The first-order valence-electron chi connectivity index (χ1n) is 16.5. The molecule has 1 saturated heterocycles. The minimum atomic E-state index is 0.0580. The van der Waals surface area contributed by atoms with Crippen LogP contribution in [0.3, 0.4) is 0 Å². The molecule has 0 aromatic heterocycles. The lowest BCUT2D eigenvalue weighted by molar-refractivity contribution is 0.144. The Labute approximate surface area is 257 Å². The van der Waals surface area contributed by atoms with Gasteiger partial charge in [0, 0.05) is 17.5 Å². The smallest absolute Gasteiger partial charge is 0.107 e. The monoisotopic (exact) mass is 562 g/mol. The lowest BCUT2D eigenvalue weighted by atomic mass is 9.59. The van der Waals surface area contributed by atoms with Gasteiger partial charge in [-0.05, 0) is 87.0 Å². The zero-order valence-electron chi connectivity index (χ0n) is 25.8. The van der Waals surface area contributed by atoms with Gasteiger partial charge in [0.2, 0.25) is 0 Å². The number of hydrogen-bond acceptors (Lipinski definition) is 2. The molecule has 6 atom stereocenters. The Bertz CT molecular complexity index is 1770. The zero-order valence-corrected chi connectivity index (χ0v) is 25.8. The first-order chi connectivity index (χ1) is 20.9. The quantitative estimate of drug-likeness (QED) is 0.373. The second-order valence-electron chi connectivity index (χ2n) is 14.9. The average Bonchev–Trinajstić information content (AvgIpc) is 3.50. The molecule has 216 valence electrons. The number of allylic oxidation sites excluding steroid dienone is 10. The molecular formula is C41H42N2. The van der Waals surface area contributed by atoms with E-state index in [0.717, 1.165) is 19.3 Å². The molecule has 2 aromatic rings. The molecule has 1 fully saturated rings. The molecule has 7 aliphatic rings. The van der Waals surface area contributed by atoms with Crippen LogP contribution >= 0.6 is 0 Å². The number of nitrogens with one attached hydrogen (secondary N) is 1. The molecule has 2 heteroatoms. The third-order valence-electron chi connectivity index (χ3n) is 12.3. The summed E-state index contributed by atoms with van der Waals surface area (Å²) in [7, 11) is 0. The Morgan fingerprint density at radius 3 is 2.58 bits per heavy atom. The maximum atomic E-state index is 4.08. The van der Waals surface area contributed by atoms with Crippen molar-refractivity contribution in [2.75, 3.05) is 0 Å². The second kappa shape index (κ2) is 8.88. The summed E-state index contributed by atoms with van der Waals surface area (Å²) in [6, 6.07) is 18.6. The molecule has 0 saturated carbocycles. The van der Waals surface area contributed by atoms with Crippen molar-refractivity contribution in [1.29, 1.82) is 0 Å². The van der Waals surface area contributed by atoms with E-state index >= 15 is 0 Å². The van der Waals surface area contributed by atoms with Gasteiger partial charge in [0.25, 0.3) is 0 Å². The Balaban J connectivity index is 1.23. The van der Waals surface area contributed by atoms with Crippen LogP contribution in [-0.2, 0) is 5.41 Å². The van der Waals surface area contributed by atoms with Crippen molar-refractivity contribution in [3.8, 4) is 0 Å². The summed E-state index contributed by atoms with van der Waals surface area (Å²) in [6.07, 6.45) is 25.9. The number of rotatable bonds is 1. The van der Waals surface area contributed by atoms with E-state index in [9.17, 15) is 0 Å². The van der Waals surface area contributed by atoms with E-state index in [0.29, 0.717) is 29.7 Å². The van der Waals surface area contributed by atoms with Gasteiger partial charge in [0.05, 0.1) is 11.7 Å². The third-order valence-corrected chi connectivity index (χ3v) is 12.3. The molecular weight excluding hydrogens is 520 g/mol. The lowest BCUT2D eigenvalue weighted by Gasteiger charge is -2.45. The maximum Gasteiger partial charge on any atom is 0.107 e. The van der Waals surface area contributed by atoms with Gasteiger partial charge in [-0.1, -0.05) is 125 Å². The van der Waals surface area contributed by atoms with Crippen LogP contribution in [-0.4, -0.2) is 17.1 Å². The SMILES string of the molecule is CC1(C)c2ccccc2C2=C(C3=CC4C(C=C3)N3C5=C(C=CCC5)NC3C3c5ccccc5C=CC3C4(C)C)C=CCC21. The molecule has 0 bridgehead atoms. The third kappa shape index (κ3) is 3.41. The molecule has 1 N–H and O–H groups in total. The van der Waals surface area contributed by atoms with Gasteiger partial charge in [-0.2, -0.15) is 0 Å². The molecule has 2 aliphatic heterocycles. The van der Waals surface area contributed by atoms with Crippen molar-refractivity contribution in [3.05, 3.63) is 142 Å². The maximum absolute atomic E-state index is 4.08. The number of hydrogen-bond donors (Lipinski definition) is 1. The van der Waals surface area contributed by atoms with Gasteiger partial charge < -0.3 is 10.2 Å². The standard InChI is InChI=1S/C41H42N2/c1-40(2)30-16-8-7-14-29(30)37-28(15-11-17-31(37)40)26-21-23-35-33(24-26)41(3,4)32-22-20-25-12-5-6-13-27(25)38(32)39-42-34-18-9-10-19-36(34)43(35)39/h5-9,11-16,18,20-24,31-33,35,38-39,42H,10,17,19H2,1-4H3. The fourth-order valence-electron chi connectivity index (χ4n) is 10.1. The zero-order chi connectivity index (χ0) is 29.1. The highest BCUT2D eigenvalue weighted by molar-refractivity contribution is 5.85. The van der Waals surface area contributed by atoms with Crippen LogP contribution in [0, 0.1) is 23.2 Å². The summed E-state index contributed by atoms with van der Waals surface area (Å²) in [5.74, 6) is 1.71. The average molecular weight is 563 g/mol. The second-order valence-corrected chi connectivity index (χ2v) is 14.9. The number of benzene rings is 2. The van der Waals surface area contributed by atoms with Crippen molar-refractivity contribution < 1.29 is 0 Å². The highest BCUT2D eigenvalue weighted by Gasteiger charge is 2.56. The Hall–Kier alpha value is -3.78. The minimum absolute atomic E-state index is 0.0580. The largest absolute Gasteiger partial charge is 0.363 e. The van der Waals surface area contributed by atoms with E-state index < -0.39 is 0 Å². The summed E-state index contributed by atoms with van der Waals surface area (Å²) in [4.78, 5) is 2.82. The molecule has 2 heterocycles. The van der Waals surface area contributed by atoms with Gasteiger partial charge in [0.1, 0.15) is 6.17 Å². The fraction of sp³-hybridized carbons (Fsp3) is 0.366. The van der Waals surface area contributed by atoms with Crippen molar-refractivity contribution in [1.82, 2.24) is 10.2 Å². The highest BCUT2D eigenvalue weighted by Crippen LogP contribution is 2.59. The lowest BCUT2D eigenvalue weighted by Crippen LogP contribution is -2.48. The molecule has 9 rings (SSSR count). The van der Waals surface area contributed by atoms with Crippen LogP contribution in [0.1, 0.15) is 75.1 Å². The van der Waals surface area contributed by atoms with Gasteiger partial charge >= 0.3 is 0 Å². The van der Waals surface area contributed by atoms with E-state index in [2.05, 4.69) is 141 Å². The van der Waals surface area contributed by atoms with E-state index in [-0.39, 0.29) is 17.0 Å². The number of fused-ring (bicyclic) bond motifs is 11. The normalized spacial score (nSPS) is 33.4. The van der Waals surface area contributed by atoms with Gasteiger partial charge in [0.15, 0.2) is 0 Å². The summed E-state index contributed by atoms with van der Waals surface area (Å²) >= 11 is 0. The van der Waals surface area contributed by atoms with E-state index in [1.54, 1.807) is 5.57 Å². The molecule has 0 spiro atoms. The predicted octanol–water partition coefficient (Wildman–Crippen LogP) is 9.05. The molecule has 2 aromatic carbocycles. The fourth-order valence-corrected chi connectivity index (χ4v) is 10.1. The summed E-state index contributed by atoms with van der Waals surface area (Å²) in [6.45, 7) is 10.0. The van der Waals surface area contributed by atoms with Crippen LogP contribution in [0.2, 0.25) is 0 Å². The van der Waals surface area contributed by atoms with Crippen LogP contribution in [0.15, 0.2) is 120 Å². The first-order valence-corrected chi connectivity index (χ1v) is 16.5. The Kier molecular flexibility index (Phi) is 5.31. The van der Waals surface area contributed by atoms with Crippen LogP contribution in [0.5, 0.6) is 0 Å². The predicted molar refractivity (Wildman–Crippen MR) is 178 cm³/mol. The molecule has 0 radical (unpaired) electrons. The molecule has 5 aliphatic carbocycles. The minimum Gasteiger partial charge on any atom is -0.363 e. The molecule has 43 heavy (non-hydrogen) atoms. The molecule has 6 unspecified atom stereocenters. The Morgan fingerprint density at radius 2 is 1.67 bits per heavy atom. The number of nitrogens with zero attached hydrogens (tertiary/aromatic N) is 1. The van der Waals surface area contributed by atoms with E-state index in [1.165, 1.54) is 44.8 Å². The van der Waals surface area contributed by atoms with Crippen molar-refractivity contribution in [3.63, 3.8) is 0 Å². The highest BCUT2D eigenvalue weighted by atomic mass is 15.4. The van der Waals surface area contributed by atoms with E-state index in [1.807, 2.05) is 0 Å². The Morgan fingerprint density at radius 1 is 0.837 bits per heavy atom. The van der Waals surface area contributed by atoms with Gasteiger partial charge in [-0.15, -0.1) is 0 Å². The molecule has 2 nitrogen and oxygen atoms in total.